The molecule has 1 amide bonds. The van der Waals surface area contributed by atoms with Crippen molar-refractivity contribution in [2.75, 3.05) is 0 Å². The first-order valence-electron chi connectivity index (χ1n) is 6.63. The standard InChI is InChI=1S/C16H17N3O/c1-11(2)14(9-17)16(20)19-10-13-6-3-5-12-7-4-8-18-15(12)13/h3-8,11,14H,10H2,1-2H3,(H,19,20). The lowest BCUT2D eigenvalue weighted by atomic mass is 9.96. The van der Waals surface area contributed by atoms with Gasteiger partial charge in [-0.15, -0.1) is 0 Å². The Bertz CT molecular complexity index is 653. The largest absolute Gasteiger partial charge is 0.351 e. The Morgan fingerprint density at radius 3 is 2.80 bits per heavy atom. The molecular formula is C16H17N3O. The van der Waals surface area contributed by atoms with Crippen molar-refractivity contribution in [1.82, 2.24) is 10.3 Å². The molecule has 0 spiro atoms. The fraction of sp³-hybridized carbons (Fsp3) is 0.312. The van der Waals surface area contributed by atoms with E-state index in [2.05, 4.69) is 10.3 Å². The zero-order valence-electron chi connectivity index (χ0n) is 11.6. The van der Waals surface area contributed by atoms with E-state index in [0.29, 0.717) is 6.54 Å². The number of pyridine rings is 1. The summed E-state index contributed by atoms with van der Waals surface area (Å²) < 4.78 is 0. The Kier molecular flexibility index (Phi) is 4.31. The van der Waals surface area contributed by atoms with Gasteiger partial charge >= 0.3 is 0 Å². The predicted molar refractivity (Wildman–Crippen MR) is 77.5 cm³/mol. The van der Waals surface area contributed by atoms with Gasteiger partial charge < -0.3 is 5.32 Å². The predicted octanol–water partition coefficient (Wildman–Crippen LogP) is 2.65. The second-order valence-electron chi connectivity index (χ2n) is 5.06. The van der Waals surface area contributed by atoms with Crippen LogP contribution in [0.2, 0.25) is 0 Å². The van der Waals surface area contributed by atoms with Crippen molar-refractivity contribution in [3.8, 4) is 6.07 Å². The van der Waals surface area contributed by atoms with Gasteiger partial charge in [0.15, 0.2) is 0 Å². The second-order valence-corrected chi connectivity index (χ2v) is 5.06. The molecule has 20 heavy (non-hydrogen) atoms. The van der Waals surface area contributed by atoms with E-state index in [1.165, 1.54) is 0 Å². The molecule has 0 radical (unpaired) electrons. The molecule has 0 fully saturated rings. The third-order valence-corrected chi connectivity index (χ3v) is 3.26. The molecule has 2 rings (SSSR count). The van der Waals surface area contributed by atoms with Crippen LogP contribution in [0.25, 0.3) is 10.9 Å². The van der Waals surface area contributed by atoms with Crippen LogP contribution < -0.4 is 5.32 Å². The molecule has 1 aromatic carbocycles. The van der Waals surface area contributed by atoms with Gasteiger partial charge in [0.2, 0.25) is 5.91 Å². The van der Waals surface area contributed by atoms with E-state index >= 15 is 0 Å². The lowest BCUT2D eigenvalue weighted by Gasteiger charge is -2.13. The molecule has 4 heteroatoms. The molecule has 0 saturated carbocycles. The highest BCUT2D eigenvalue weighted by molar-refractivity contribution is 5.84. The molecule has 2 aromatic rings. The van der Waals surface area contributed by atoms with Crippen LogP contribution in [0, 0.1) is 23.2 Å². The quantitative estimate of drug-likeness (QED) is 0.926. The van der Waals surface area contributed by atoms with Gasteiger partial charge in [-0.05, 0) is 17.5 Å². The van der Waals surface area contributed by atoms with Crippen LogP contribution in [0.1, 0.15) is 19.4 Å². The van der Waals surface area contributed by atoms with Crippen LogP contribution in [0.3, 0.4) is 0 Å². The lowest BCUT2D eigenvalue weighted by molar-refractivity contribution is -0.124. The van der Waals surface area contributed by atoms with Gasteiger partial charge in [0, 0.05) is 18.1 Å². The van der Waals surface area contributed by atoms with Crippen molar-refractivity contribution in [2.24, 2.45) is 11.8 Å². The zero-order valence-corrected chi connectivity index (χ0v) is 11.6. The van der Waals surface area contributed by atoms with E-state index in [1.807, 2.05) is 50.2 Å². The minimum absolute atomic E-state index is 0.00522. The maximum absolute atomic E-state index is 12.0. The van der Waals surface area contributed by atoms with Gasteiger partial charge in [0.25, 0.3) is 0 Å². The van der Waals surface area contributed by atoms with Crippen molar-refractivity contribution in [3.05, 3.63) is 42.1 Å². The number of benzene rings is 1. The third kappa shape index (κ3) is 2.94. The summed E-state index contributed by atoms with van der Waals surface area (Å²) in [5.41, 5.74) is 1.84. The number of para-hydroxylation sites is 1. The van der Waals surface area contributed by atoms with Crippen LogP contribution in [-0.2, 0) is 11.3 Å². The number of carbonyl (C=O) groups is 1. The summed E-state index contributed by atoms with van der Waals surface area (Å²) in [6.45, 7) is 4.12. The van der Waals surface area contributed by atoms with Crippen LogP contribution >= 0.6 is 0 Å². The molecule has 1 heterocycles. The van der Waals surface area contributed by atoms with Crippen LogP contribution in [0.15, 0.2) is 36.5 Å². The highest BCUT2D eigenvalue weighted by atomic mass is 16.1. The van der Waals surface area contributed by atoms with Crippen LogP contribution in [0.5, 0.6) is 0 Å². The van der Waals surface area contributed by atoms with Gasteiger partial charge in [0.1, 0.15) is 5.92 Å². The average Bonchev–Trinajstić information content (AvgIpc) is 2.45. The molecule has 0 aliphatic heterocycles. The van der Waals surface area contributed by atoms with E-state index in [4.69, 9.17) is 5.26 Å². The Hall–Kier alpha value is -2.41. The smallest absolute Gasteiger partial charge is 0.237 e. The fourth-order valence-corrected chi connectivity index (χ4v) is 2.11. The van der Waals surface area contributed by atoms with Gasteiger partial charge in [-0.25, -0.2) is 0 Å². The molecule has 0 aliphatic carbocycles. The lowest BCUT2D eigenvalue weighted by Crippen LogP contribution is -2.32. The van der Waals surface area contributed by atoms with E-state index in [1.54, 1.807) is 6.20 Å². The summed E-state index contributed by atoms with van der Waals surface area (Å²) >= 11 is 0. The first-order valence-corrected chi connectivity index (χ1v) is 6.63. The first kappa shape index (κ1) is 14.0. The molecular weight excluding hydrogens is 250 g/mol. The minimum atomic E-state index is -0.613. The number of amides is 1. The van der Waals surface area contributed by atoms with Gasteiger partial charge in [-0.3, -0.25) is 9.78 Å². The summed E-state index contributed by atoms with van der Waals surface area (Å²) in [5, 5.41) is 12.9. The van der Waals surface area contributed by atoms with Crippen molar-refractivity contribution in [3.63, 3.8) is 0 Å². The van der Waals surface area contributed by atoms with Gasteiger partial charge in [-0.2, -0.15) is 5.26 Å². The summed E-state index contributed by atoms with van der Waals surface area (Å²) in [6, 6.07) is 11.8. The third-order valence-electron chi connectivity index (χ3n) is 3.26. The van der Waals surface area contributed by atoms with E-state index in [0.717, 1.165) is 16.5 Å². The Balaban J connectivity index is 2.14. The van der Waals surface area contributed by atoms with E-state index in [-0.39, 0.29) is 11.8 Å². The fourth-order valence-electron chi connectivity index (χ4n) is 2.11. The van der Waals surface area contributed by atoms with Crippen molar-refractivity contribution >= 4 is 16.8 Å². The number of rotatable bonds is 4. The topological polar surface area (TPSA) is 65.8 Å². The minimum Gasteiger partial charge on any atom is -0.351 e. The second kappa shape index (κ2) is 6.16. The van der Waals surface area contributed by atoms with Gasteiger partial charge in [0.05, 0.1) is 11.6 Å². The van der Waals surface area contributed by atoms with E-state index in [9.17, 15) is 4.79 Å². The molecule has 0 aliphatic rings. The molecule has 102 valence electrons. The number of hydrogen-bond acceptors (Lipinski definition) is 3. The first-order chi connectivity index (χ1) is 9.63. The summed E-state index contributed by atoms with van der Waals surface area (Å²) in [4.78, 5) is 16.3. The van der Waals surface area contributed by atoms with Crippen LogP contribution in [0.4, 0.5) is 0 Å². The maximum atomic E-state index is 12.0. The average molecular weight is 267 g/mol. The summed E-state index contributed by atoms with van der Waals surface area (Å²) in [5.74, 6) is -0.834. The summed E-state index contributed by atoms with van der Waals surface area (Å²) in [7, 11) is 0. The van der Waals surface area contributed by atoms with Crippen molar-refractivity contribution in [2.45, 2.75) is 20.4 Å². The van der Waals surface area contributed by atoms with E-state index < -0.39 is 5.92 Å². The normalized spacial score (nSPS) is 12.1. The Morgan fingerprint density at radius 2 is 2.10 bits per heavy atom. The zero-order chi connectivity index (χ0) is 14.5. The number of nitriles is 1. The molecule has 4 nitrogen and oxygen atoms in total. The Morgan fingerprint density at radius 1 is 1.35 bits per heavy atom. The van der Waals surface area contributed by atoms with Crippen LogP contribution in [-0.4, -0.2) is 10.9 Å². The highest BCUT2D eigenvalue weighted by Crippen LogP contribution is 2.16. The molecule has 1 unspecified atom stereocenters. The number of hydrogen-bond donors (Lipinski definition) is 1. The molecule has 0 saturated heterocycles. The number of fused-ring (bicyclic) bond motifs is 1. The van der Waals surface area contributed by atoms with Crippen molar-refractivity contribution in [1.29, 1.82) is 5.26 Å². The highest BCUT2D eigenvalue weighted by Gasteiger charge is 2.21. The number of carbonyl (C=O) groups excluding carboxylic acids is 1. The van der Waals surface area contributed by atoms with Crippen molar-refractivity contribution < 1.29 is 4.79 Å². The molecule has 0 bridgehead atoms. The monoisotopic (exact) mass is 267 g/mol. The molecule has 1 N–H and O–H groups in total. The molecule has 1 aromatic heterocycles. The Labute approximate surface area is 118 Å². The van der Waals surface area contributed by atoms with Gasteiger partial charge in [-0.1, -0.05) is 38.1 Å². The SMILES string of the molecule is CC(C)C(C#N)C(=O)NCc1cccc2cccnc12. The number of nitrogens with one attached hydrogen (secondary N) is 1. The molecule has 1 atom stereocenters. The summed E-state index contributed by atoms with van der Waals surface area (Å²) in [6.07, 6.45) is 1.74. The number of aromatic nitrogens is 1. The maximum Gasteiger partial charge on any atom is 0.237 e. The number of nitrogens with zero attached hydrogens (tertiary/aromatic N) is 2.